The summed E-state index contributed by atoms with van der Waals surface area (Å²) in [7, 11) is 0. The maximum atomic E-state index is 12.3. The van der Waals surface area contributed by atoms with Crippen LogP contribution in [-0.2, 0) is 28.7 Å². The van der Waals surface area contributed by atoms with E-state index >= 15 is 0 Å². The van der Waals surface area contributed by atoms with E-state index in [1.54, 1.807) is 0 Å². The molecule has 220 valence electrons. The zero-order valence-corrected chi connectivity index (χ0v) is 23.7. The molecule has 0 rings (SSSR count). The second kappa shape index (κ2) is 22.3. The lowest BCUT2D eigenvalue weighted by Gasteiger charge is -2.22. The molecule has 6 N–H and O–H groups in total. The first-order valence-electron chi connectivity index (χ1n) is 13.8. The van der Waals surface area contributed by atoms with Gasteiger partial charge in [0, 0.05) is 71.5 Å². The Bertz CT molecular complexity index is 718. The maximum absolute atomic E-state index is 12.3. The minimum Gasteiger partial charge on any atom is -0.465 e. The average Bonchev–Trinajstić information content (AvgIpc) is 2.88. The molecule has 38 heavy (non-hydrogen) atoms. The van der Waals surface area contributed by atoms with Crippen molar-refractivity contribution in [3.8, 4) is 0 Å². The summed E-state index contributed by atoms with van der Waals surface area (Å²) in [6.45, 7) is 11.1. The van der Waals surface area contributed by atoms with Gasteiger partial charge in [-0.3, -0.25) is 24.0 Å². The number of esters is 1. The maximum Gasteiger partial charge on any atom is 0.305 e. The van der Waals surface area contributed by atoms with Gasteiger partial charge in [-0.2, -0.15) is 0 Å². The lowest BCUT2D eigenvalue weighted by molar-refractivity contribution is -0.145. The Morgan fingerprint density at radius 3 is 1.84 bits per heavy atom. The fraction of sp³-hybridized carbons (Fsp3) is 0.808. The first-order valence-corrected chi connectivity index (χ1v) is 13.8. The van der Waals surface area contributed by atoms with E-state index < -0.39 is 11.9 Å². The molecule has 0 heterocycles. The van der Waals surface area contributed by atoms with Gasteiger partial charge in [0.1, 0.15) is 0 Å². The van der Waals surface area contributed by atoms with Crippen LogP contribution in [-0.4, -0.2) is 93.0 Å². The first-order chi connectivity index (χ1) is 18.1. The molecule has 0 radical (unpaired) electrons. The van der Waals surface area contributed by atoms with Crippen LogP contribution in [0.3, 0.4) is 0 Å². The molecule has 1 unspecified atom stereocenters. The highest BCUT2D eigenvalue weighted by Crippen LogP contribution is 2.00. The molecule has 0 fully saturated rings. The number of hydrogen-bond donors (Lipinski definition) is 5. The fourth-order valence-corrected chi connectivity index (χ4v) is 3.22. The summed E-state index contributed by atoms with van der Waals surface area (Å²) in [5, 5.41) is 11.1. The van der Waals surface area contributed by atoms with Crippen molar-refractivity contribution < 1.29 is 28.7 Å². The molecule has 0 aromatic carbocycles. The number of nitrogens with one attached hydrogen (secondary N) is 4. The van der Waals surface area contributed by atoms with Gasteiger partial charge >= 0.3 is 5.97 Å². The normalized spacial score (nSPS) is 11.7. The molecule has 4 amide bonds. The van der Waals surface area contributed by atoms with Crippen molar-refractivity contribution in [2.75, 3.05) is 52.4 Å². The average molecular weight is 543 g/mol. The van der Waals surface area contributed by atoms with E-state index in [9.17, 15) is 24.0 Å². The lowest BCUT2D eigenvalue weighted by atomic mass is 10.1. The highest BCUT2D eigenvalue weighted by Gasteiger charge is 2.16. The third kappa shape index (κ3) is 20.3. The zero-order valence-electron chi connectivity index (χ0n) is 23.7. The number of rotatable bonds is 22. The molecule has 0 spiro atoms. The van der Waals surface area contributed by atoms with Crippen LogP contribution in [0, 0.1) is 5.92 Å². The summed E-state index contributed by atoms with van der Waals surface area (Å²) < 4.78 is 5.07. The van der Waals surface area contributed by atoms with Crippen LogP contribution in [0.25, 0.3) is 0 Å². The quantitative estimate of drug-likeness (QED) is 0.0943. The molecule has 0 aromatic heterocycles. The molecule has 0 bridgehead atoms. The van der Waals surface area contributed by atoms with Crippen LogP contribution in [0.1, 0.15) is 72.6 Å². The molecule has 0 aliphatic rings. The summed E-state index contributed by atoms with van der Waals surface area (Å²) in [4.78, 5) is 61.7. The van der Waals surface area contributed by atoms with Gasteiger partial charge < -0.3 is 36.6 Å². The molecule has 0 saturated heterocycles. The Balaban J connectivity index is 4.31. The van der Waals surface area contributed by atoms with Crippen LogP contribution in [0.5, 0.6) is 0 Å². The summed E-state index contributed by atoms with van der Waals surface area (Å²) in [6.07, 6.45) is 2.87. The van der Waals surface area contributed by atoms with E-state index in [2.05, 4.69) is 21.3 Å². The van der Waals surface area contributed by atoms with Gasteiger partial charge in [-0.05, 0) is 25.2 Å². The molecule has 0 saturated carbocycles. The van der Waals surface area contributed by atoms with Gasteiger partial charge in [-0.15, -0.1) is 0 Å². The van der Waals surface area contributed by atoms with Crippen molar-refractivity contribution >= 4 is 29.6 Å². The molecule has 1 atom stereocenters. The van der Waals surface area contributed by atoms with Crippen LogP contribution < -0.4 is 27.0 Å². The lowest BCUT2D eigenvalue weighted by Crippen LogP contribution is -2.44. The topological polar surface area (TPSA) is 172 Å². The molecule has 0 aliphatic heterocycles. The largest absolute Gasteiger partial charge is 0.465 e. The number of carbonyl (C=O) groups is 5. The molecule has 0 aromatic rings. The highest BCUT2D eigenvalue weighted by atomic mass is 16.5. The first kappa shape index (κ1) is 35.3. The molecular weight excluding hydrogens is 492 g/mol. The number of amides is 4. The predicted octanol–water partition coefficient (Wildman–Crippen LogP) is 0.0502. The summed E-state index contributed by atoms with van der Waals surface area (Å²) >= 11 is 0. The monoisotopic (exact) mass is 542 g/mol. The summed E-state index contributed by atoms with van der Waals surface area (Å²) in [6, 6.07) is -0.835. The van der Waals surface area contributed by atoms with E-state index in [1.807, 2.05) is 32.6 Å². The van der Waals surface area contributed by atoms with Gasteiger partial charge in [0.25, 0.3) is 0 Å². The third-order valence-corrected chi connectivity index (χ3v) is 5.43. The van der Waals surface area contributed by atoms with Crippen molar-refractivity contribution in [1.82, 2.24) is 26.2 Å². The standard InChI is InChI=1S/C26H50N6O6/c1-5-7-22(33)30-15-18-32(16-10-23(34)28-12-6-2)17-11-24(35)29-13-14-31-26(37)21(27)8-9-25(36)38-19-20(3)4/h20-21H,5-19,27H2,1-4H3,(H,28,34)(H,29,35)(H,30,33)(H,31,37). The minimum atomic E-state index is -0.835. The van der Waals surface area contributed by atoms with Crippen molar-refractivity contribution in [2.45, 2.75) is 78.7 Å². The fourth-order valence-electron chi connectivity index (χ4n) is 3.22. The van der Waals surface area contributed by atoms with Gasteiger partial charge in [0.15, 0.2) is 0 Å². The molecule has 12 nitrogen and oxygen atoms in total. The van der Waals surface area contributed by atoms with Gasteiger partial charge in [0.2, 0.25) is 23.6 Å². The number of hydrogen-bond acceptors (Lipinski definition) is 8. The number of nitrogens with two attached hydrogens (primary N) is 1. The van der Waals surface area contributed by atoms with E-state index in [1.165, 1.54) is 0 Å². The van der Waals surface area contributed by atoms with Crippen LogP contribution in [0.2, 0.25) is 0 Å². The zero-order chi connectivity index (χ0) is 28.8. The van der Waals surface area contributed by atoms with E-state index in [-0.39, 0.29) is 62.0 Å². The van der Waals surface area contributed by atoms with Crippen LogP contribution in [0.4, 0.5) is 0 Å². The third-order valence-electron chi connectivity index (χ3n) is 5.43. The van der Waals surface area contributed by atoms with Gasteiger partial charge in [-0.25, -0.2) is 0 Å². The minimum absolute atomic E-state index is 0.0151. The van der Waals surface area contributed by atoms with Crippen molar-refractivity contribution in [2.24, 2.45) is 11.7 Å². The Kier molecular flexibility index (Phi) is 20.7. The second-order valence-electron chi connectivity index (χ2n) is 9.65. The number of carbonyl (C=O) groups excluding carboxylic acids is 5. The SMILES string of the molecule is CCCNC(=O)CCN(CCNC(=O)CCC)CCC(=O)NCCNC(=O)C(N)CCC(=O)OCC(C)C. The molecule has 12 heteroatoms. The number of ether oxygens (including phenoxy) is 1. The van der Waals surface area contributed by atoms with Crippen molar-refractivity contribution in [3.63, 3.8) is 0 Å². The van der Waals surface area contributed by atoms with E-state index in [0.717, 1.165) is 12.8 Å². The second-order valence-corrected chi connectivity index (χ2v) is 9.65. The highest BCUT2D eigenvalue weighted by molar-refractivity contribution is 5.82. The van der Waals surface area contributed by atoms with Crippen molar-refractivity contribution in [1.29, 1.82) is 0 Å². The van der Waals surface area contributed by atoms with Crippen molar-refractivity contribution in [3.05, 3.63) is 0 Å². The van der Waals surface area contributed by atoms with E-state index in [0.29, 0.717) is 52.2 Å². The Hall–Kier alpha value is -2.73. The summed E-state index contributed by atoms with van der Waals surface area (Å²) in [5.74, 6) is -0.783. The number of nitrogens with zero attached hydrogens (tertiary/aromatic N) is 1. The Morgan fingerprint density at radius 2 is 1.26 bits per heavy atom. The smallest absolute Gasteiger partial charge is 0.305 e. The van der Waals surface area contributed by atoms with E-state index in [4.69, 9.17) is 10.5 Å². The summed E-state index contributed by atoms with van der Waals surface area (Å²) in [5.41, 5.74) is 5.83. The Morgan fingerprint density at radius 1 is 0.711 bits per heavy atom. The van der Waals surface area contributed by atoms with Crippen LogP contribution in [0.15, 0.2) is 0 Å². The van der Waals surface area contributed by atoms with Gasteiger partial charge in [-0.1, -0.05) is 27.7 Å². The molecular formula is C26H50N6O6. The van der Waals surface area contributed by atoms with Crippen LogP contribution >= 0.6 is 0 Å². The molecule has 0 aliphatic carbocycles. The Labute approximate surface area is 227 Å². The van der Waals surface area contributed by atoms with Gasteiger partial charge in [0.05, 0.1) is 12.6 Å². The predicted molar refractivity (Wildman–Crippen MR) is 146 cm³/mol.